The predicted octanol–water partition coefficient (Wildman–Crippen LogP) is 6.75. The summed E-state index contributed by atoms with van der Waals surface area (Å²) in [7, 11) is 0. The number of nitrogens with zero attached hydrogens (tertiary/aromatic N) is 2. The maximum Gasteiger partial charge on any atom is 0.408 e. The molecule has 1 aliphatic carbocycles. The van der Waals surface area contributed by atoms with Gasteiger partial charge in [0, 0.05) is 22.5 Å². The minimum absolute atomic E-state index is 0.0501. The molecule has 0 radical (unpaired) electrons. The first-order valence-electron chi connectivity index (χ1n) is 16.3. The van der Waals surface area contributed by atoms with Gasteiger partial charge in [-0.05, 0) is 54.9 Å². The molecule has 2 unspecified atom stereocenters. The lowest BCUT2D eigenvalue weighted by molar-refractivity contribution is -0.136. The number of carbonyl (C=O) groups excluding carboxylic acids is 3. The number of carbonyl (C=O) groups is 3. The van der Waals surface area contributed by atoms with Crippen molar-refractivity contribution in [3.05, 3.63) is 81.0 Å². The van der Waals surface area contributed by atoms with Crippen molar-refractivity contribution in [1.82, 2.24) is 31.1 Å². The van der Waals surface area contributed by atoms with Gasteiger partial charge in [0.15, 0.2) is 5.82 Å². The maximum atomic E-state index is 14.6. The van der Waals surface area contributed by atoms with Gasteiger partial charge < -0.3 is 30.2 Å². The molecule has 2 aromatic heterocycles. The van der Waals surface area contributed by atoms with E-state index in [1.54, 1.807) is 13.0 Å². The highest BCUT2D eigenvalue weighted by atomic mass is 35.5. The van der Waals surface area contributed by atoms with Gasteiger partial charge in [0.05, 0.1) is 10.5 Å². The van der Waals surface area contributed by atoms with Gasteiger partial charge in [-0.25, -0.2) is 4.79 Å². The third kappa shape index (κ3) is 7.63. The van der Waals surface area contributed by atoms with E-state index >= 15 is 0 Å². The van der Waals surface area contributed by atoms with E-state index in [1.807, 2.05) is 64.1 Å². The van der Waals surface area contributed by atoms with Crippen molar-refractivity contribution in [3.63, 3.8) is 0 Å². The molecule has 48 heavy (non-hydrogen) atoms. The average Bonchev–Trinajstić information content (AvgIpc) is 3.67. The van der Waals surface area contributed by atoms with Gasteiger partial charge in [-0.1, -0.05) is 99.2 Å². The van der Waals surface area contributed by atoms with Crippen LogP contribution in [0.1, 0.15) is 81.5 Å². The molecule has 2 aromatic carbocycles. The Hall–Kier alpha value is -4.09. The van der Waals surface area contributed by atoms with Crippen molar-refractivity contribution in [2.75, 3.05) is 0 Å². The predicted molar refractivity (Wildman–Crippen MR) is 184 cm³/mol. The van der Waals surface area contributed by atoms with E-state index in [4.69, 9.17) is 32.5 Å². The number of ether oxygens (including phenoxy) is 1. The molecule has 4 N–H and O–H groups in total. The second kappa shape index (κ2) is 15.0. The summed E-state index contributed by atoms with van der Waals surface area (Å²) in [5, 5.41) is 14.6. The lowest BCUT2D eigenvalue weighted by atomic mass is 9.78. The standard InChI is InChI=1S/C35H42Cl2N6O5/c1-6-19(3)28(41-34(46)47-18-22-11-9-8-10-12-22)31(44)42-35(33(45)40-29(20(4)7-2)32-38-21(5)43-48-32)14-13-27-25(17-35)24-15-23(36)16-26(37)30(24)39-27/h8-12,15-16,19-20,28-29,39H,6-7,13-14,17-18H2,1-5H3,(H,40,45)(H,41,46)(H,42,44)/t19?,20?,28-,29-,35-/m0/s1. The molecular weight excluding hydrogens is 655 g/mol. The Kier molecular flexibility index (Phi) is 11.0. The van der Waals surface area contributed by atoms with E-state index in [0.29, 0.717) is 40.1 Å². The Labute approximate surface area is 289 Å². The zero-order valence-electron chi connectivity index (χ0n) is 27.8. The number of hydrogen-bond acceptors (Lipinski definition) is 7. The number of H-pyrrole nitrogens is 1. The number of hydrogen-bond donors (Lipinski definition) is 4. The van der Waals surface area contributed by atoms with Crippen LogP contribution in [0.2, 0.25) is 10.0 Å². The molecule has 0 fully saturated rings. The number of nitrogens with one attached hydrogen (secondary N) is 4. The van der Waals surface area contributed by atoms with Crippen LogP contribution in [0.5, 0.6) is 0 Å². The molecule has 5 rings (SSSR count). The number of amides is 3. The number of halogens is 2. The van der Waals surface area contributed by atoms with Crippen LogP contribution in [0.3, 0.4) is 0 Å². The highest BCUT2D eigenvalue weighted by Gasteiger charge is 2.47. The third-order valence-electron chi connectivity index (χ3n) is 9.39. The number of rotatable bonds is 12. The monoisotopic (exact) mass is 696 g/mol. The van der Waals surface area contributed by atoms with Crippen LogP contribution in [0.15, 0.2) is 47.0 Å². The number of fused-ring (bicyclic) bond motifs is 3. The summed E-state index contributed by atoms with van der Waals surface area (Å²) < 4.78 is 11.0. The molecule has 0 bridgehead atoms. The SMILES string of the molecule is CCC(C)[C@H](NC(=O)OCc1ccccc1)C(=O)N[C@@]1(C(=O)N[C@H](c2nc(C)no2)C(C)CC)CCc2[nH]c3c(Cl)cc(Cl)cc3c2C1. The molecule has 0 saturated carbocycles. The molecule has 13 heteroatoms. The molecule has 4 aromatic rings. The summed E-state index contributed by atoms with van der Waals surface area (Å²) in [5.74, 6) is -0.482. The van der Waals surface area contributed by atoms with Crippen LogP contribution in [0.25, 0.3) is 10.9 Å². The van der Waals surface area contributed by atoms with E-state index < -0.39 is 35.5 Å². The lowest BCUT2D eigenvalue weighted by Crippen LogP contribution is -2.65. The van der Waals surface area contributed by atoms with Gasteiger partial charge >= 0.3 is 6.09 Å². The van der Waals surface area contributed by atoms with Gasteiger partial charge in [0.2, 0.25) is 17.7 Å². The van der Waals surface area contributed by atoms with Crippen molar-refractivity contribution >= 4 is 52.0 Å². The molecule has 1 aliphatic rings. The Morgan fingerprint density at radius 1 is 1.06 bits per heavy atom. The van der Waals surface area contributed by atoms with Crippen LogP contribution in [-0.4, -0.2) is 44.6 Å². The molecule has 11 nitrogen and oxygen atoms in total. The highest BCUT2D eigenvalue weighted by Crippen LogP contribution is 2.39. The summed E-state index contributed by atoms with van der Waals surface area (Å²) in [6, 6.07) is 11.2. The van der Waals surface area contributed by atoms with Crippen LogP contribution in [-0.2, 0) is 33.8 Å². The lowest BCUT2D eigenvalue weighted by Gasteiger charge is -2.39. The van der Waals surface area contributed by atoms with Crippen molar-refractivity contribution in [1.29, 1.82) is 0 Å². The summed E-state index contributed by atoms with van der Waals surface area (Å²) in [5.41, 5.74) is 1.87. The zero-order chi connectivity index (χ0) is 34.6. The first-order chi connectivity index (χ1) is 22.9. The summed E-state index contributed by atoms with van der Waals surface area (Å²) in [4.78, 5) is 49.6. The fourth-order valence-corrected chi connectivity index (χ4v) is 6.68. The summed E-state index contributed by atoms with van der Waals surface area (Å²) >= 11 is 13.0. The molecule has 5 atom stereocenters. The van der Waals surface area contributed by atoms with Crippen molar-refractivity contribution in [2.45, 2.75) is 91.0 Å². The van der Waals surface area contributed by atoms with Crippen LogP contribution < -0.4 is 16.0 Å². The van der Waals surface area contributed by atoms with Gasteiger partial charge in [-0.3, -0.25) is 9.59 Å². The van der Waals surface area contributed by atoms with E-state index in [9.17, 15) is 14.4 Å². The highest BCUT2D eigenvalue weighted by molar-refractivity contribution is 6.38. The van der Waals surface area contributed by atoms with Gasteiger partial charge in [0.1, 0.15) is 24.2 Å². The third-order valence-corrected chi connectivity index (χ3v) is 9.90. The second-order valence-corrected chi connectivity index (χ2v) is 13.6. The average molecular weight is 698 g/mol. The molecule has 0 saturated heterocycles. The fraction of sp³-hybridized carbons (Fsp3) is 0.457. The van der Waals surface area contributed by atoms with Crippen molar-refractivity contribution < 1.29 is 23.6 Å². The number of aromatic nitrogens is 3. The smallest absolute Gasteiger partial charge is 0.408 e. The molecule has 256 valence electrons. The fourth-order valence-electron chi connectivity index (χ4n) is 6.14. The summed E-state index contributed by atoms with van der Waals surface area (Å²) in [6.07, 6.45) is 1.45. The van der Waals surface area contributed by atoms with Crippen molar-refractivity contribution in [3.8, 4) is 0 Å². The van der Waals surface area contributed by atoms with Crippen LogP contribution in [0.4, 0.5) is 4.79 Å². The van der Waals surface area contributed by atoms with Gasteiger partial charge in [-0.15, -0.1) is 0 Å². The molecule has 0 spiro atoms. The first-order valence-corrected chi connectivity index (χ1v) is 17.1. The van der Waals surface area contributed by atoms with Gasteiger partial charge in [-0.2, -0.15) is 4.98 Å². The molecule has 0 aliphatic heterocycles. The minimum Gasteiger partial charge on any atom is -0.445 e. The van der Waals surface area contributed by atoms with Crippen LogP contribution >= 0.6 is 23.2 Å². The Morgan fingerprint density at radius 2 is 1.79 bits per heavy atom. The number of benzene rings is 2. The molecular formula is C35H42Cl2N6O5. The second-order valence-electron chi connectivity index (χ2n) is 12.7. The summed E-state index contributed by atoms with van der Waals surface area (Å²) in [6.45, 7) is 9.56. The molecule has 3 amide bonds. The molecule has 2 heterocycles. The van der Waals surface area contributed by atoms with E-state index in [1.165, 1.54) is 0 Å². The van der Waals surface area contributed by atoms with E-state index in [0.717, 1.165) is 28.6 Å². The minimum atomic E-state index is -1.41. The van der Waals surface area contributed by atoms with E-state index in [2.05, 4.69) is 31.1 Å². The first kappa shape index (κ1) is 35.2. The van der Waals surface area contributed by atoms with Gasteiger partial charge in [0.25, 0.3) is 0 Å². The normalized spacial score (nSPS) is 18.3. The van der Waals surface area contributed by atoms with E-state index in [-0.39, 0.29) is 31.3 Å². The van der Waals surface area contributed by atoms with Crippen molar-refractivity contribution in [2.24, 2.45) is 11.8 Å². The Bertz CT molecular complexity index is 1780. The number of aromatic amines is 1. The number of aryl methyl sites for hydroxylation is 2. The largest absolute Gasteiger partial charge is 0.445 e. The zero-order valence-corrected chi connectivity index (χ0v) is 29.3. The Balaban J connectivity index is 1.47. The number of alkyl carbamates (subject to hydrolysis) is 1. The quantitative estimate of drug-likeness (QED) is 0.128. The topological polar surface area (TPSA) is 151 Å². The van der Waals surface area contributed by atoms with Crippen LogP contribution in [0, 0.1) is 18.8 Å². The maximum absolute atomic E-state index is 14.6. The Morgan fingerprint density at radius 3 is 2.46 bits per heavy atom.